The molecule has 0 bridgehead atoms. The topological polar surface area (TPSA) is 92.8 Å². The van der Waals surface area contributed by atoms with Crippen molar-refractivity contribution >= 4 is 0 Å². The second kappa shape index (κ2) is 6.91. The van der Waals surface area contributed by atoms with E-state index in [9.17, 15) is 15.0 Å². The molecule has 31 heavy (non-hydrogen) atoms. The average molecular weight is 426 g/mol. The standard InChI is InChI=1S/C25H31NO5/c1-23-8-7-21(28)24(2,14-27)19(23)6-9-25(3)20(23)11-16-18(31-25)12-17(30-22(16)29)15-5-4-10-26-13-15/h4-5,10,12-13,19-21,27-28H,6-9,11,14H2,1-3H3/t19-,20-,21+,23+,24?,25-/m1/s1. The molecule has 6 nitrogen and oxygen atoms in total. The molecule has 0 amide bonds. The van der Waals surface area contributed by atoms with Gasteiger partial charge in [-0.05, 0) is 62.5 Å². The van der Waals surface area contributed by atoms with Gasteiger partial charge in [0.15, 0.2) is 0 Å². The van der Waals surface area contributed by atoms with Crippen LogP contribution in [0.25, 0.3) is 11.3 Å². The molecule has 2 saturated carbocycles. The highest BCUT2D eigenvalue weighted by Crippen LogP contribution is 2.64. The van der Waals surface area contributed by atoms with Gasteiger partial charge in [-0.3, -0.25) is 4.98 Å². The van der Waals surface area contributed by atoms with Gasteiger partial charge in [-0.25, -0.2) is 4.79 Å². The molecular weight excluding hydrogens is 394 g/mol. The Bertz CT molecular complexity index is 1050. The number of ether oxygens (including phenoxy) is 1. The maximum absolute atomic E-state index is 13.0. The Labute approximate surface area is 182 Å². The molecule has 5 rings (SSSR count). The third kappa shape index (κ3) is 2.91. The number of fused-ring (bicyclic) bond motifs is 4. The van der Waals surface area contributed by atoms with E-state index in [1.807, 2.05) is 25.1 Å². The van der Waals surface area contributed by atoms with Crippen molar-refractivity contribution < 1.29 is 19.4 Å². The first-order valence-corrected chi connectivity index (χ1v) is 11.3. The summed E-state index contributed by atoms with van der Waals surface area (Å²) in [5.41, 5.74) is -0.108. The fourth-order valence-electron chi connectivity index (χ4n) is 6.98. The van der Waals surface area contributed by atoms with E-state index in [2.05, 4.69) is 18.8 Å². The molecule has 3 heterocycles. The molecule has 2 aromatic rings. The molecule has 0 saturated heterocycles. The van der Waals surface area contributed by atoms with Crippen LogP contribution in [0.1, 0.15) is 52.0 Å². The van der Waals surface area contributed by atoms with E-state index in [-0.39, 0.29) is 29.5 Å². The fraction of sp³-hybridized carbons (Fsp3) is 0.600. The van der Waals surface area contributed by atoms with Gasteiger partial charge >= 0.3 is 5.63 Å². The second-order valence-electron chi connectivity index (χ2n) is 10.5. The van der Waals surface area contributed by atoms with Crippen LogP contribution < -0.4 is 10.4 Å². The van der Waals surface area contributed by atoms with Crippen LogP contribution in [0, 0.1) is 22.7 Å². The zero-order valence-corrected chi connectivity index (χ0v) is 18.4. The van der Waals surface area contributed by atoms with Gasteiger partial charge in [-0.15, -0.1) is 0 Å². The number of hydrogen-bond donors (Lipinski definition) is 2. The lowest BCUT2D eigenvalue weighted by Gasteiger charge is -2.64. The van der Waals surface area contributed by atoms with Gasteiger partial charge in [0.25, 0.3) is 0 Å². The molecule has 6 heteroatoms. The summed E-state index contributed by atoms with van der Waals surface area (Å²) in [6.45, 7) is 6.39. The van der Waals surface area contributed by atoms with Crippen molar-refractivity contribution in [2.24, 2.45) is 22.7 Å². The number of aliphatic hydroxyl groups is 2. The first kappa shape index (κ1) is 20.7. The number of rotatable bonds is 2. The predicted molar refractivity (Wildman–Crippen MR) is 116 cm³/mol. The zero-order valence-electron chi connectivity index (χ0n) is 18.4. The van der Waals surface area contributed by atoms with Crippen molar-refractivity contribution in [3.8, 4) is 17.1 Å². The van der Waals surface area contributed by atoms with Crippen LogP contribution in [0.4, 0.5) is 0 Å². The molecule has 1 aliphatic heterocycles. The highest BCUT2D eigenvalue weighted by molar-refractivity contribution is 5.58. The van der Waals surface area contributed by atoms with Crippen molar-refractivity contribution in [2.75, 3.05) is 6.61 Å². The fourth-order valence-corrected chi connectivity index (χ4v) is 6.98. The molecule has 0 aromatic carbocycles. The van der Waals surface area contributed by atoms with Crippen LogP contribution in [-0.4, -0.2) is 33.5 Å². The number of pyridine rings is 1. The van der Waals surface area contributed by atoms with Crippen LogP contribution >= 0.6 is 0 Å². The summed E-state index contributed by atoms with van der Waals surface area (Å²) in [7, 11) is 0. The largest absolute Gasteiger partial charge is 0.487 e. The third-order valence-electron chi connectivity index (χ3n) is 8.82. The van der Waals surface area contributed by atoms with Crippen molar-refractivity contribution in [1.29, 1.82) is 0 Å². The monoisotopic (exact) mass is 425 g/mol. The summed E-state index contributed by atoms with van der Waals surface area (Å²) in [5, 5.41) is 20.9. The molecule has 2 N–H and O–H groups in total. The van der Waals surface area contributed by atoms with Crippen LogP contribution in [0.2, 0.25) is 0 Å². The van der Waals surface area contributed by atoms with Crippen molar-refractivity contribution in [3.63, 3.8) is 0 Å². The molecule has 3 aliphatic rings. The Morgan fingerprint density at radius 1 is 1.19 bits per heavy atom. The van der Waals surface area contributed by atoms with Crippen molar-refractivity contribution in [1.82, 2.24) is 4.98 Å². The van der Waals surface area contributed by atoms with Gasteiger partial charge in [-0.1, -0.05) is 13.8 Å². The molecule has 166 valence electrons. The Kier molecular flexibility index (Phi) is 4.61. The summed E-state index contributed by atoms with van der Waals surface area (Å²) < 4.78 is 12.3. The third-order valence-corrected chi connectivity index (χ3v) is 8.82. The van der Waals surface area contributed by atoms with Gasteiger partial charge in [-0.2, -0.15) is 0 Å². The van der Waals surface area contributed by atoms with Gasteiger partial charge in [0.05, 0.1) is 18.3 Å². The number of aliphatic hydroxyl groups excluding tert-OH is 2. The van der Waals surface area contributed by atoms with Crippen LogP contribution in [-0.2, 0) is 6.42 Å². The van der Waals surface area contributed by atoms with Crippen LogP contribution in [0.3, 0.4) is 0 Å². The van der Waals surface area contributed by atoms with Gasteiger partial charge in [0, 0.05) is 35.4 Å². The van der Waals surface area contributed by atoms with E-state index in [1.165, 1.54) is 0 Å². The Balaban J connectivity index is 1.57. The number of nitrogens with zero attached hydrogens (tertiary/aromatic N) is 1. The summed E-state index contributed by atoms with van der Waals surface area (Å²) >= 11 is 0. The summed E-state index contributed by atoms with van der Waals surface area (Å²) in [5.74, 6) is 1.35. The normalized spacial score (nSPS) is 39.1. The molecule has 0 radical (unpaired) electrons. The van der Waals surface area contributed by atoms with Gasteiger partial charge in [0.2, 0.25) is 0 Å². The van der Waals surface area contributed by atoms with Crippen molar-refractivity contribution in [2.45, 2.75) is 64.6 Å². The van der Waals surface area contributed by atoms with E-state index in [0.29, 0.717) is 29.9 Å². The predicted octanol–water partition coefficient (Wildman–Crippen LogP) is 3.58. The molecular formula is C25H31NO5. The number of aromatic nitrogens is 1. The first-order chi connectivity index (χ1) is 14.7. The van der Waals surface area contributed by atoms with E-state index in [0.717, 1.165) is 24.8 Å². The molecule has 6 atom stereocenters. The van der Waals surface area contributed by atoms with Crippen LogP contribution in [0.15, 0.2) is 39.8 Å². The van der Waals surface area contributed by atoms with Crippen LogP contribution in [0.5, 0.6) is 5.75 Å². The van der Waals surface area contributed by atoms with E-state index in [4.69, 9.17) is 9.15 Å². The number of hydrogen-bond acceptors (Lipinski definition) is 6. The molecule has 2 aromatic heterocycles. The van der Waals surface area contributed by atoms with Gasteiger partial charge in [0.1, 0.15) is 17.1 Å². The average Bonchev–Trinajstić information content (AvgIpc) is 2.76. The lowest BCUT2D eigenvalue weighted by atomic mass is 9.44. The maximum Gasteiger partial charge on any atom is 0.343 e. The highest BCUT2D eigenvalue weighted by atomic mass is 16.5. The molecule has 2 aliphatic carbocycles. The highest BCUT2D eigenvalue weighted by Gasteiger charge is 2.63. The Hall–Kier alpha value is -2.18. The second-order valence-corrected chi connectivity index (χ2v) is 10.5. The van der Waals surface area contributed by atoms with E-state index >= 15 is 0 Å². The Morgan fingerprint density at radius 3 is 2.71 bits per heavy atom. The maximum atomic E-state index is 13.0. The summed E-state index contributed by atoms with van der Waals surface area (Å²) in [6, 6.07) is 5.50. The zero-order chi connectivity index (χ0) is 22.0. The SMILES string of the molecule is CC1(CO)[C@@H](O)CC[C@]2(C)[C@H]3Cc4c(cc(-c5cccnc5)oc4=O)O[C@]3(C)CC[C@@H]12. The summed E-state index contributed by atoms with van der Waals surface area (Å²) in [6.07, 6.45) is 6.64. The molecule has 0 spiro atoms. The minimum Gasteiger partial charge on any atom is -0.487 e. The quantitative estimate of drug-likeness (QED) is 0.764. The Morgan fingerprint density at radius 2 is 2.00 bits per heavy atom. The van der Waals surface area contributed by atoms with Gasteiger partial charge < -0.3 is 19.4 Å². The van der Waals surface area contributed by atoms with E-state index < -0.39 is 17.1 Å². The lowest BCUT2D eigenvalue weighted by Crippen LogP contribution is -2.65. The molecule has 2 fully saturated rings. The lowest BCUT2D eigenvalue weighted by molar-refractivity contribution is -0.205. The minimum absolute atomic E-state index is 0.0358. The first-order valence-electron chi connectivity index (χ1n) is 11.3. The van der Waals surface area contributed by atoms with E-state index in [1.54, 1.807) is 12.4 Å². The summed E-state index contributed by atoms with van der Waals surface area (Å²) in [4.78, 5) is 17.1. The van der Waals surface area contributed by atoms with Crippen molar-refractivity contribution in [3.05, 3.63) is 46.6 Å². The molecule has 1 unspecified atom stereocenters. The smallest absolute Gasteiger partial charge is 0.343 e. The minimum atomic E-state index is -0.538.